The Hall–Kier alpha value is -1.08. The molecule has 1 heterocycles. The van der Waals surface area contributed by atoms with Crippen molar-refractivity contribution >= 4 is 27.5 Å². The van der Waals surface area contributed by atoms with E-state index in [1.807, 2.05) is 0 Å². The molecule has 0 unspecified atom stereocenters. The minimum absolute atomic E-state index is 1.10. The highest BCUT2D eigenvalue weighted by Gasteiger charge is 1.96. The first-order chi connectivity index (χ1) is 6.42. The fraction of sp³-hybridized carbons (Fsp3) is 0.167. The smallest absolute Gasteiger partial charge is 0.0348 e. The Morgan fingerprint density at radius 1 is 1.31 bits per heavy atom. The molecule has 0 aliphatic heterocycles. The molecule has 0 spiro atoms. The molecule has 0 aliphatic carbocycles. The van der Waals surface area contributed by atoms with Crippen LogP contribution in [0.4, 0.5) is 0 Å². The second-order valence-corrected chi connectivity index (χ2v) is 3.94. The molecule has 0 amide bonds. The lowest BCUT2D eigenvalue weighted by molar-refractivity contribution is 1.23. The van der Waals surface area contributed by atoms with E-state index in [4.69, 9.17) is 0 Å². The lowest BCUT2D eigenvalue weighted by atomic mass is 10.1. The first-order valence-corrected chi connectivity index (χ1v) is 5.42. The van der Waals surface area contributed by atoms with Crippen molar-refractivity contribution in [3.8, 4) is 0 Å². The largest absolute Gasteiger partial charge is 0.144 e. The zero-order chi connectivity index (χ0) is 9.10. The van der Waals surface area contributed by atoms with Crippen molar-refractivity contribution < 1.29 is 0 Å². The highest BCUT2D eigenvalue weighted by molar-refractivity contribution is 7.17. The van der Waals surface area contributed by atoms with Gasteiger partial charge in [-0.05, 0) is 34.9 Å². The van der Waals surface area contributed by atoms with Gasteiger partial charge in [0.2, 0.25) is 0 Å². The third kappa shape index (κ3) is 1.65. The van der Waals surface area contributed by atoms with Crippen LogP contribution in [0.25, 0.3) is 16.2 Å². The summed E-state index contributed by atoms with van der Waals surface area (Å²) in [6.07, 6.45) is 5.50. The van der Waals surface area contributed by atoms with Gasteiger partial charge in [-0.15, -0.1) is 11.3 Å². The molecule has 0 radical (unpaired) electrons. The summed E-state index contributed by atoms with van der Waals surface area (Å²) in [7, 11) is 0. The van der Waals surface area contributed by atoms with Gasteiger partial charge in [-0.2, -0.15) is 0 Å². The van der Waals surface area contributed by atoms with Crippen LogP contribution in [-0.2, 0) is 0 Å². The van der Waals surface area contributed by atoms with E-state index in [0.717, 1.165) is 6.42 Å². The van der Waals surface area contributed by atoms with E-state index in [1.165, 1.54) is 15.6 Å². The second-order valence-electron chi connectivity index (χ2n) is 2.99. The highest BCUT2D eigenvalue weighted by atomic mass is 32.1. The quantitative estimate of drug-likeness (QED) is 0.658. The van der Waals surface area contributed by atoms with Crippen LogP contribution in [0, 0.1) is 0 Å². The Morgan fingerprint density at radius 2 is 2.23 bits per heavy atom. The van der Waals surface area contributed by atoms with Crippen molar-refractivity contribution in [1.82, 2.24) is 0 Å². The maximum atomic E-state index is 2.20. The lowest BCUT2D eigenvalue weighted by Gasteiger charge is -1.95. The lowest BCUT2D eigenvalue weighted by Crippen LogP contribution is -1.71. The van der Waals surface area contributed by atoms with Gasteiger partial charge < -0.3 is 0 Å². The van der Waals surface area contributed by atoms with Gasteiger partial charge in [0.1, 0.15) is 0 Å². The van der Waals surface area contributed by atoms with E-state index in [9.17, 15) is 0 Å². The summed E-state index contributed by atoms with van der Waals surface area (Å²) in [5.41, 5.74) is 1.33. The van der Waals surface area contributed by atoms with Crippen molar-refractivity contribution in [2.24, 2.45) is 0 Å². The molecule has 0 saturated heterocycles. The molecule has 0 nitrogen and oxygen atoms in total. The third-order valence-electron chi connectivity index (χ3n) is 2.06. The Labute approximate surface area is 82.5 Å². The molecule has 0 fully saturated rings. The third-order valence-corrected chi connectivity index (χ3v) is 2.94. The summed E-state index contributed by atoms with van der Waals surface area (Å²) < 4.78 is 1.37. The number of hydrogen-bond acceptors (Lipinski definition) is 1. The van der Waals surface area contributed by atoms with Gasteiger partial charge in [0.15, 0.2) is 0 Å². The molecule has 1 heteroatoms. The van der Waals surface area contributed by atoms with E-state index in [-0.39, 0.29) is 0 Å². The minimum atomic E-state index is 1.10. The van der Waals surface area contributed by atoms with Crippen molar-refractivity contribution in [2.75, 3.05) is 0 Å². The van der Waals surface area contributed by atoms with Crippen LogP contribution in [0.2, 0.25) is 0 Å². The number of benzene rings is 1. The van der Waals surface area contributed by atoms with Crippen LogP contribution in [0.15, 0.2) is 35.7 Å². The van der Waals surface area contributed by atoms with E-state index in [1.54, 1.807) is 11.3 Å². The van der Waals surface area contributed by atoms with Crippen LogP contribution in [0.3, 0.4) is 0 Å². The van der Waals surface area contributed by atoms with Crippen LogP contribution >= 0.6 is 11.3 Å². The Balaban J connectivity index is 2.54. The van der Waals surface area contributed by atoms with Gasteiger partial charge in [-0.1, -0.05) is 31.2 Å². The number of thiophene rings is 1. The summed E-state index contributed by atoms with van der Waals surface area (Å²) >= 11 is 1.80. The van der Waals surface area contributed by atoms with Crippen LogP contribution in [0.1, 0.15) is 18.9 Å². The molecule has 2 aromatic rings. The number of allylic oxidation sites excluding steroid dienone is 1. The van der Waals surface area contributed by atoms with Crippen molar-refractivity contribution in [3.63, 3.8) is 0 Å². The van der Waals surface area contributed by atoms with Gasteiger partial charge in [-0.25, -0.2) is 0 Å². The van der Waals surface area contributed by atoms with E-state index in [0.29, 0.717) is 0 Å². The molecule has 1 aromatic carbocycles. The maximum Gasteiger partial charge on any atom is 0.0348 e. The highest BCUT2D eigenvalue weighted by Crippen LogP contribution is 2.24. The second kappa shape index (κ2) is 3.75. The van der Waals surface area contributed by atoms with Gasteiger partial charge >= 0.3 is 0 Å². The molecule has 0 N–H and O–H groups in total. The summed E-state index contributed by atoms with van der Waals surface area (Å²) in [5, 5.41) is 3.52. The first-order valence-electron chi connectivity index (χ1n) is 4.54. The first kappa shape index (κ1) is 8.52. The average molecular weight is 188 g/mol. The van der Waals surface area contributed by atoms with Crippen molar-refractivity contribution in [3.05, 3.63) is 41.3 Å². The predicted octanol–water partition coefficient (Wildman–Crippen LogP) is 4.32. The summed E-state index contributed by atoms with van der Waals surface area (Å²) in [6, 6.07) is 8.65. The van der Waals surface area contributed by atoms with Crippen LogP contribution < -0.4 is 0 Å². The normalized spacial score (nSPS) is 11.5. The van der Waals surface area contributed by atoms with E-state index in [2.05, 4.69) is 48.7 Å². The molecule has 66 valence electrons. The number of fused-ring (bicyclic) bond motifs is 1. The monoisotopic (exact) mass is 188 g/mol. The van der Waals surface area contributed by atoms with Gasteiger partial charge in [0.25, 0.3) is 0 Å². The summed E-state index contributed by atoms with van der Waals surface area (Å²) in [4.78, 5) is 0. The van der Waals surface area contributed by atoms with Gasteiger partial charge in [-0.3, -0.25) is 0 Å². The van der Waals surface area contributed by atoms with Crippen molar-refractivity contribution in [1.29, 1.82) is 0 Å². The van der Waals surface area contributed by atoms with Gasteiger partial charge in [0.05, 0.1) is 0 Å². The Bertz CT molecular complexity index is 423. The molecule has 1 aromatic heterocycles. The molecular weight excluding hydrogens is 176 g/mol. The Kier molecular flexibility index (Phi) is 2.46. The van der Waals surface area contributed by atoms with Gasteiger partial charge in [0, 0.05) is 4.70 Å². The SMILES string of the molecule is CCC=Cc1cccc2sccc12. The topological polar surface area (TPSA) is 0 Å². The zero-order valence-corrected chi connectivity index (χ0v) is 8.47. The minimum Gasteiger partial charge on any atom is -0.144 e. The van der Waals surface area contributed by atoms with E-state index >= 15 is 0 Å². The maximum absolute atomic E-state index is 2.20. The van der Waals surface area contributed by atoms with Crippen LogP contribution in [0.5, 0.6) is 0 Å². The average Bonchev–Trinajstić information content (AvgIpc) is 2.62. The molecule has 0 bridgehead atoms. The molecule has 2 rings (SSSR count). The molecule has 0 atom stereocenters. The molecule has 0 saturated carbocycles. The molecule has 0 aliphatic rings. The molecule has 13 heavy (non-hydrogen) atoms. The van der Waals surface area contributed by atoms with E-state index < -0.39 is 0 Å². The summed E-state index contributed by atoms with van der Waals surface area (Å²) in [6.45, 7) is 2.16. The summed E-state index contributed by atoms with van der Waals surface area (Å²) in [5.74, 6) is 0. The molecular formula is C12H12S. The van der Waals surface area contributed by atoms with Crippen molar-refractivity contribution in [2.45, 2.75) is 13.3 Å². The predicted molar refractivity (Wildman–Crippen MR) is 61.2 cm³/mol. The Morgan fingerprint density at radius 3 is 3.08 bits per heavy atom. The standard InChI is InChI=1S/C12H12S/c1-2-3-5-10-6-4-7-12-11(10)8-9-13-12/h3-9H,2H2,1H3. The fourth-order valence-electron chi connectivity index (χ4n) is 1.41. The number of rotatable bonds is 2. The van der Waals surface area contributed by atoms with Crippen LogP contribution in [-0.4, -0.2) is 0 Å². The zero-order valence-electron chi connectivity index (χ0n) is 7.66. The fourth-order valence-corrected chi connectivity index (χ4v) is 2.23. The number of hydrogen-bond donors (Lipinski definition) is 0.